The monoisotopic (exact) mass is 287 g/mol. The van der Waals surface area contributed by atoms with Gasteiger partial charge in [0.1, 0.15) is 0 Å². The number of rotatable bonds is 2. The molecule has 1 saturated carbocycles. The Balaban J connectivity index is 1.78. The molecule has 0 spiro atoms. The SMILES string of the molecule is Cc1ccc(C2(C(=O)N3CC[C@](C)(O)[C@H](C)C3)CC2)cc1. The van der Waals surface area contributed by atoms with E-state index in [1.165, 1.54) is 5.56 Å². The first-order chi connectivity index (χ1) is 9.85. The topological polar surface area (TPSA) is 40.5 Å². The summed E-state index contributed by atoms with van der Waals surface area (Å²) in [4.78, 5) is 14.9. The molecule has 21 heavy (non-hydrogen) atoms. The van der Waals surface area contributed by atoms with Gasteiger partial charge >= 0.3 is 0 Å². The summed E-state index contributed by atoms with van der Waals surface area (Å²) in [6.45, 7) is 7.32. The van der Waals surface area contributed by atoms with Crippen LogP contribution in [0.2, 0.25) is 0 Å². The van der Waals surface area contributed by atoms with Gasteiger partial charge in [-0.3, -0.25) is 4.79 Å². The van der Waals surface area contributed by atoms with Crippen LogP contribution >= 0.6 is 0 Å². The van der Waals surface area contributed by atoms with Crippen molar-refractivity contribution in [1.29, 1.82) is 0 Å². The lowest BCUT2D eigenvalue weighted by Crippen LogP contribution is -2.53. The van der Waals surface area contributed by atoms with Crippen LogP contribution in [0.3, 0.4) is 0 Å². The van der Waals surface area contributed by atoms with Crippen molar-refractivity contribution in [2.75, 3.05) is 13.1 Å². The van der Waals surface area contributed by atoms with Gasteiger partial charge in [0.2, 0.25) is 5.91 Å². The maximum atomic E-state index is 13.0. The number of nitrogens with zero attached hydrogens (tertiary/aromatic N) is 1. The largest absolute Gasteiger partial charge is 0.390 e. The molecule has 1 aromatic carbocycles. The highest BCUT2D eigenvalue weighted by Crippen LogP contribution is 2.50. The highest BCUT2D eigenvalue weighted by atomic mass is 16.3. The van der Waals surface area contributed by atoms with Gasteiger partial charge in [0.25, 0.3) is 0 Å². The molecule has 0 radical (unpaired) electrons. The Hall–Kier alpha value is -1.35. The third kappa shape index (κ3) is 2.48. The van der Waals surface area contributed by atoms with Crippen molar-refractivity contribution in [3.63, 3.8) is 0 Å². The van der Waals surface area contributed by atoms with Crippen molar-refractivity contribution >= 4 is 5.91 Å². The van der Waals surface area contributed by atoms with Gasteiger partial charge in [0, 0.05) is 19.0 Å². The summed E-state index contributed by atoms with van der Waals surface area (Å²) in [5.41, 5.74) is 1.46. The first-order valence-electron chi connectivity index (χ1n) is 7.94. The molecule has 0 bridgehead atoms. The third-order valence-electron chi connectivity index (χ3n) is 5.49. The summed E-state index contributed by atoms with van der Waals surface area (Å²) in [6.07, 6.45) is 2.58. The summed E-state index contributed by atoms with van der Waals surface area (Å²) in [6, 6.07) is 8.38. The highest BCUT2D eigenvalue weighted by molar-refractivity contribution is 5.91. The molecule has 2 aliphatic rings. The summed E-state index contributed by atoms with van der Waals surface area (Å²) >= 11 is 0. The Labute approximate surface area is 127 Å². The van der Waals surface area contributed by atoms with Gasteiger partial charge in [0.15, 0.2) is 0 Å². The average molecular weight is 287 g/mol. The van der Waals surface area contributed by atoms with Gasteiger partial charge < -0.3 is 10.0 Å². The molecule has 1 heterocycles. The van der Waals surface area contributed by atoms with Gasteiger partial charge in [-0.1, -0.05) is 36.8 Å². The van der Waals surface area contributed by atoms with E-state index in [1.807, 2.05) is 18.7 Å². The van der Waals surface area contributed by atoms with Crippen LogP contribution < -0.4 is 0 Å². The number of carbonyl (C=O) groups is 1. The third-order valence-corrected chi connectivity index (χ3v) is 5.49. The number of hydrogen-bond donors (Lipinski definition) is 1. The molecular weight excluding hydrogens is 262 g/mol. The van der Waals surface area contributed by atoms with Crippen molar-refractivity contribution in [3.8, 4) is 0 Å². The number of likely N-dealkylation sites (tertiary alicyclic amines) is 1. The first-order valence-corrected chi connectivity index (χ1v) is 7.94. The Kier molecular flexibility index (Phi) is 3.36. The molecule has 1 aliphatic heterocycles. The van der Waals surface area contributed by atoms with Crippen LogP contribution in [0.1, 0.15) is 44.2 Å². The van der Waals surface area contributed by atoms with Crippen LogP contribution in [-0.2, 0) is 10.2 Å². The maximum Gasteiger partial charge on any atom is 0.233 e. The van der Waals surface area contributed by atoms with E-state index in [0.29, 0.717) is 19.5 Å². The molecule has 0 aromatic heterocycles. The maximum absolute atomic E-state index is 13.0. The van der Waals surface area contributed by atoms with Crippen molar-refractivity contribution < 1.29 is 9.90 Å². The lowest BCUT2D eigenvalue weighted by atomic mass is 9.83. The number of carbonyl (C=O) groups excluding carboxylic acids is 1. The molecule has 1 N–H and O–H groups in total. The molecule has 2 fully saturated rings. The number of benzene rings is 1. The number of amides is 1. The summed E-state index contributed by atoms with van der Waals surface area (Å²) in [5, 5.41) is 10.3. The van der Waals surface area contributed by atoms with Gasteiger partial charge in [-0.05, 0) is 38.7 Å². The minimum Gasteiger partial charge on any atom is -0.390 e. The Bertz CT molecular complexity index is 543. The van der Waals surface area contributed by atoms with E-state index < -0.39 is 5.60 Å². The number of aryl methyl sites for hydroxylation is 1. The zero-order valence-electron chi connectivity index (χ0n) is 13.2. The van der Waals surface area contributed by atoms with E-state index in [9.17, 15) is 9.90 Å². The summed E-state index contributed by atoms with van der Waals surface area (Å²) < 4.78 is 0. The van der Waals surface area contributed by atoms with Crippen LogP contribution in [-0.4, -0.2) is 34.6 Å². The van der Waals surface area contributed by atoms with Gasteiger partial charge in [-0.15, -0.1) is 0 Å². The minimum atomic E-state index is -0.642. The molecule has 3 rings (SSSR count). The molecular formula is C18H25NO2. The van der Waals surface area contributed by atoms with E-state index in [-0.39, 0.29) is 17.2 Å². The van der Waals surface area contributed by atoms with Crippen molar-refractivity contribution in [2.45, 2.75) is 51.0 Å². The fourth-order valence-corrected chi connectivity index (χ4v) is 3.34. The second kappa shape index (κ2) is 4.84. The predicted molar refractivity (Wildman–Crippen MR) is 83.1 cm³/mol. The number of piperidine rings is 1. The van der Waals surface area contributed by atoms with Crippen LogP contribution in [0.4, 0.5) is 0 Å². The highest BCUT2D eigenvalue weighted by Gasteiger charge is 2.54. The molecule has 2 atom stereocenters. The van der Waals surface area contributed by atoms with Crippen LogP contribution in [0, 0.1) is 12.8 Å². The van der Waals surface area contributed by atoms with E-state index in [0.717, 1.165) is 18.4 Å². The fourth-order valence-electron chi connectivity index (χ4n) is 3.34. The standard InChI is InChI=1S/C18H25NO2/c1-13-4-6-15(7-5-13)18(8-9-18)16(20)19-11-10-17(3,21)14(2)12-19/h4-7,14,21H,8-12H2,1-3H3/t14-,17+/m1/s1. The van der Waals surface area contributed by atoms with Crippen LogP contribution in [0.15, 0.2) is 24.3 Å². The quantitative estimate of drug-likeness (QED) is 0.908. The Morgan fingerprint density at radius 2 is 1.86 bits per heavy atom. The molecule has 0 unspecified atom stereocenters. The fraction of sp³-hybridized carbons (Fsp3) is 0.611. The average Bonchev–Trinajstić information content (AvgIpc) is 3.23. The normalized spacial score (nSPS) is 31.0. The molecule has 114 valence electrons. The number of hydrogen-bond acceptors (Lipinski definition) is 2. The second-order valence-electron chi connectivity index (χ2n) is 7.21. The molecule has 3 heteroatoms. The van der Waals surface area contributed by atoms with Crippen LogP contribution in [0.5, 0.6) is 0 Å². The van der Waals surface area contributed by atoms with E-state index in [1.54, 1.807) is 0 Å². The van der Waals surface area contributed by atoms with Crippen molar-refractivity contribution in [2.24, 2.45) is 5.92 Å². The molecule has 1 aliphatic carbocycles. The van der Waals surface area contributed by atoms with E-state index >= 15 is 0 Å². The minimum absolute atomic E-state index is 0.129. The van der Waals surface area contributed by atoms with E-state index in [2.05, 4.69) is 31.2 Å². The second-order valence-corrected chi connectivity index (χ2v) is 7.21. The number of aliphatic hydroxyl groups is 1. The van der Waals surface area contributed by atoms with Crippen LogP contribution in [0.25, 0.3) is 0 Å². The molecule has 1 saturated heterocycles. The summed E-state index contributed by atoms with van der Waals surface area (Å²) in [5.74, 6) is 0.387. The van der Waals surface area contributed by atoms with Gasteiger partial charge in [-0.2, -0.15) is 0 Å². The molecule has 1 amide bonds. The van der Waals surface area contributed by atoms with Gasteiger partial charge in [-0.25, -0.2) is 0 Å². The lowest BCUT2D eigenvalue weighted by Gasteiger charge is -2.42. The zero-order valence-corrected chi connectivity index (χ0v) is 13.2. The van der Waals surface area contributed by atoms with Crippen molar-refractivity contribution in [3.05, 3.63) is 35.4 Å². The lowest BCUT2D eigenvalue weighted by molar-refractivity contribution is -0.141. The van der Waals surface area contributed by atoms with Gasteiger partial charge in [0.05, 0.1) is 11.0 Å². The Morgan fingerprint density at radius 1 is 1.24 bits per heavy atom. The molecule has 1 aromatic rings. The smallest absolute Gasteiger partial charge is 0.233 e. The predicted octanol–water partition coefficient (Wildman–Crippen LogP) is 2.65. The van der Waals surface area contributed by atoms with Crippen molar-refractivity contribution in [1.82, 2.24) is 4.90 Å². The molecule has 3 nitrogen and oxygen atoms in total. The Morgan fingerprint density at radius 3 is 2.38 bits per heavy atom. The first kappa shape index (κ1) is 14.6. The zero-order chi connectivity index (χ0) is 15.3. The summed E-state index contributed by atoms with van der Waals surface area (Å²) in [7, 11) is 0. The van der Waals surface area contributed by atoms with E-state index in [4.69, 9.17) is 0 Å².